The Morgan fingerprint density at radius 2 is 1.95 bits per heavy atom. The van der Waals surface area contributed by atoms with E-state index in [1.807, 2.05) is 0 Å². The first-order valence-corrected chi connectivity index (χ1v) is 6.46. The van der Waals surface area contributed by atoms with Gasteiger partial charge < -0.3 is 10.2 Å². The van der Waals surface area contributed by atoms with E-state index in [0.29, 0.717) is 0 Å². The predicted molar refractivity (Wildman–Crippen MR) is 69.1 cm³/mol. The van der Waals surface area contributed by atoms with Crippen molar-refractivity contribution >= 4 is 33.4 Å². The third-order valence-corrected chi connectivity index (χ3v) is 3.30. The Kier molecular flexibility index (Phi) is 3.77. The van der Waals surface area contributed by atoms with E-state index in [1.165, 1.54) is 13.0 Å². The van der Waals surface area contributed by atoms with Crippen LogP contribution in [0.4, 0.5) is 18.9 Å². The number of carbonyl (C=O) groups is 2. The van der Waals surface area contributed by atoms with Crippen LogP contribution in [0.3, 0.4) is 0 Å². The van der Waals surface area contributed by atoms with Crippen molar-refractivity contribution in [1.82, 2.24) is 5.32 Å². The molecule has 1 unspecified atom stereocenters. The summed E-state index contributed by atoms with van der Waals surface area (Å²) in [6, 6.07) is 2.39. The summed E-state index contributed by atoms with van der Waals surface area (Å²) in [5, 5.41) is 2.42. The second-order valence-electron chi connectivity index (χ2n) is 4.41. The number of piperazine rings is 1. The van der Waals surface area contributed by atoms with E-state index in [1.54, 1.807) is 0 Å². The largest absolute Gasteiger partial charge is 0.416 e. The molecule has 1 aromatic carbocycles. The van der Waals surface area contributed by atoms with Crippen LogP contribution in [-0.4, -0.2) is 24.4 Å². The molecule has 1 heterocycles. The molecule has 20 heavy (non-hydrogen) atoms. The van der Waals surface area contributed by atoms with Gasteiger partial charge in [-0.3, -0.25) is 9.59 Å². The number of nitrogens with one attached hydrogen (secondary N) is 1. The lowest BCUT2D eigenvalue weighted by Crippen LogP contribution is -2.57. The third-order valence-electron chi connectivity index (χ3n) is 2.84. The molecule has 1 N–H and O–H groups in total. The van der Waals surface area contributed by atoms with Crippen LogP contribution < -0.4 is 10.2 Å². The SMILES string of the molecule is CC1NC(=O)CN(c2cc(Br)cc(C(F)(F)F)c2)C1=O. The quantitative estimate of drug-likeness (QED) is 0.844. The topological polar surface area (TPSA) is 49.4 Å². The van der Waals surface area contributed by atoms with Crippen LogP contribution in [-0.2, 0) is 15.8 Å². The minimum atomic E-state index is -4.52. The summed E-state index contributed by atoms with van der Waals surface area (Å²) in [6.45, 7) is 1.19. The summed E-state index contributed by atoms with van der Waals surface area (Å²) in [5.41, 5.74) is -0.841. The molecule has 0 radical (unpaired) electrons. The molecule has 2 rings (SSSR count). The highest BCUT2D eigenvalue weighted by atomic mass is 79.9. The molecule has 1 aliphatic heterocycles. The van der Waals surface area contributed by atoms with Gasteiger partial charge in [-0.25, -0.2) is 0 Å². The second-order valence-corrected chi connectivity index (χ2v) is 5.33. The predicted octanol–water partition coefficient (Wildman–Crippen LogP) is 2.32. The Morgan fingerprint density at radius 1 is 1.30 bits per heavy atom. The van der Waals surface area contributed by atoms with E-state index in [-0.39, 0.29) is 16.7 Å². The molecule has 2 amide bonds. The number of carbonyl (C=O) groups excluding carboxylic acids is 2. The molecule has 1 aliphatic rings. The van der Waals surface area contributed by atoms with Crippen molar-refractivity contribution < 1.29 is 22.8 Å². The second kappa shape index (κ2) is 5.08. The molecule has 0 bridgehead atoms. The molecule has 0 aromatic heterocycles. The summed E-state index contributed by atoms with van der Waals surface area (Å²) >= 11 is 2.98. The first-order valence-electron chi connectivity index (χ1n) is 5.67. The zero-order chi connectivity index (χ0) is 15.1. The Hall–Kier alpha value is -1.57. The lowest BCUT2D eigenvalue weighted by atomic mass is 10.1. The van der Waals surface area contributed by atoms with Crippen molar-refractivity contribution in [1.29, 1.82) is 0 Å². The fraction of sp³-hybridized carbons (Fsp3) is 0.333. The number of anilines is 1. The van der Waals surface area contributed by atoms with E-state index in [0.717, 1.165) is 17.0 Å². The molecule has 108 valence electrons. The van der Waals surface area contributed by atoms with E-state index < -0.39 is 29.6 Å². The molecule has 0 spiro atoms. The van der Waals surface area contributed by atoms with E-state index >= 15 is 0 Å². The van der Waals surface area contributed by atoms with Crippen molar-refractivity contribution in [3.05, 3.63) is 28.2 Å². The molecule has 0 saturated carbocycles. The van der Waals surface area contributed by atoms with Gasteiger partial charge >= 0.3 is 6.18 Å². The minimum absolute atomic E-state index is 0.0402. The highest BCUT2D eigenvalue weighted by Gasteiger charge is 2.34. The highest BCUT2D eigenvalue weighted by molar-refractivity contribution is 9.10. The van der Waals surface area contributed by atoms with Gasteiger partial charge in [0.05, 0.1) is 5.56 Å². The molecule has 0 aliphatic carbocycles. The van der Waals surface area contributed by atoms with Gasteiger partial charge in [-0.05, 0) is 25.1 Å². The summed E-state index contributed by atoms with van der Waals surface area (Å²) in [5.74, 6) is -0.860. The standard InChI is InChI=1S/C12H10BrF3N2O2/c1-6-11(20)18(5-10(19)17-6)9-3-7(12(14,15)16)2-8(13)4-9/h2-4,6H,5H2,1H3,(H,17,19). The number of rotatable bonds is 1. The third kappa shape index (κ3) is 2.95. The average molecular weight is 351 g/mol. The van der Waals surface area contributed by atoms with Crippen LogP contribution >= 0.6 is 15.9 Å². The van der Waals surface area contributed by atoms with Crippen molar-refractivity contribution in [3.8, 4) is 0 Å². The Morgan fingerprint density at radius 3 is 2.55 bits per heavy atom. The van der Waals surface area contributed by atoms with Crippen LogP contribution in [0.5, 0.6) is 0 Å². The molecule has 1 fully saturated rings. The molecular weight excluding hydrogens is 341 g/mol. The van der Waals surface area contributed by atoms with Crippen molar-refractivity contribution in [2.24, 2.45) is 0 Å². The average Bonchev–Trinajstić information content (AvgIpc) is 2.32. The summed E-state index contributed by atoms with van der Waals surface area (Å²) in [7, 11) is 0. The molecule has 1 saturated heterocycles. The van der Waals surface area contributed by atoms with Crippen LogP contribution in [0.2, 0.25) is 0 Å². The maximum absolute atomic E-state index is 12.8. The van der Waals surface area contributed by atoms with Crippen molar-refractivity contribution in [2.45, 2.75) is 19.1 Å². The number of amides is 2. The van der Waals surface area contributed by atoms with Gasteiger partial charge in [0.15, 0.2) is 0 Å². The monoisotopic (exact) mass is 350 g/mol. The molecular formula is C12H10BrF3N2O2. The van der Waals surface area contributed by atoms with Gasteiger partial charge in [0.25, 0.3) is 0 Å². The fourth-order valence-corrected chi connectivity index (χ4v) is 2.40. The zero-order valence-corrected chi connectivity index (χ0v) is 11.9. The molecule has 1 atom stereocenters. The zero-order valence-electron chi connectivity index (χ0n) is 10.3. The summed E-state index contributed by atoms with van der Waals surface area (Å²) in [6.07, 6.45) is -4.52. The number of hydrogen-bond acceptors (Lipinski definition) is 2. The Bertz CT molecular complexity index is 574. The maximum atomic E-state index is 12.8. The number of hydrogen-bond donors (Lipinski definition) is 1. The molecule has 8 heteroatoms. The Balaban J connectivity index is 2.44. The van der Waals surface area contributed by atoms with Gasteiger partial charge in [0, 0.05) is 10.2 Å². The first kappa shape index (κ1) is 14.8. The smallest absolute Gasteiger partial charge is 0.343 e. The van der Waals surface area contributed by atoms with Crippen LogP contribution in [0.25, 0.3) is 0 Å². The number of benzene rings is 1. The van der Waals surface area contributed by atoms with E-state index in [2.05, 4.69) is 21.2 Å². The summed E-state index contributed by atoms with van der Waals surface area (Å²) in [4.78, 5) is 24.4. The van der Waals surface area contributed by atoms with Crippen molar-refractivity contribution in [3.63, 3.8) is 0 Å². The van der Waals surface area contributed by atoms with Crippen LogP contribution in [0.1, 0.15) is 12.5 Å². The van der Waals surface area contributed by atoms with Crippen LogP contribution in [0, 0.1) is 0 Å². The van der Waals surface area contributed by atoms with Gasteiger partial charge in [-0.2, -0.15) is 13.2 Å². The number of halogens is 4. The van der Waals surface area contributed by atoms with Gasteiger partial charge in [0.1, 0.15) is 12.6 Å². The summed E-state index contributed by atoms with van der Waals surface area (Å²) < 4.78 is 38.5. The van der Waals surface area contributed by atoms with Crippen molar-refractivity contribution in [2.75, 3.05) is 11.4 Å². The van der Waals surface area contributed by atoms with Gasteiger partial charge in [-0.15, -0.1) is 0 Å². The lowest BCUT2D eigenvalue weighted by molar-refractivity contribution is -0.137. The normalized spacial score (nSPS) is 20.1. The van der Waals surface area contributed by atoms with E-state index in [9.17, 15) is 22.8 Å². The lowest BCUT2D eigenvalue weighted by Gasteiger charge is -2.31. The number of alkyl halides is 3. The fourth-order valence-electron chi connectivity index (χ4n) is 1.92. The van der Waals surface area contributed by atoms with Gasteiger partial charge in [-0.1, -0.05) is 15.9 Å². The molecule has 4 nitrogen and oxygen atoms in total. The van der Waals surface area contributed by atoms with E-state index in [4.69, 9.17) is 0 Å². The molecule has 1 aromatic rings. The number of nitrogens with zero attached hydrogens (tertiary/aromatic N) is 1. The first-order chi connectivity index (χ1) is 9.18. The maximum Gasteiger partial charge on any atom is 0.416 e. The van der Waals surface area contributed by atoms with Crippen LogP contribution in [0.15, 0.2) is 22.7 Å². The highest BCUT2D eigenvalue weighted by Crippen LogP contribution is 2.34. The van der Waals surface area contributed by atoms with Gasteiger partial charge in [0.2, 0.25) is 11.8 Å². The minimum Gasteiger partial charge on any atom is -0.343 e. The Labute approximate surface area is 121 Å².